The normalized spacial score (nSPS) is 26.8. The lowest BCUT2D eigenvalue weighted by atomic mass is 9.69. The smallest absolute Gasteiger partial charge is 0.220 e. The van der Waals surface area contributed by atoms with Gasteiger partial charge in [0.25, 0.3) is 0 Å². The van der Waals surface area contributed by atoms with E-state index in [0.717, 1.165) is 31.6 Å². The van der Waals surface area contributed by atoms with Crippen LogP contribution in [0.15, 0.2) is 18.2 Å². The second-order valence-electron chi connectivity index (χ2n) is 5.07. The molecule has 90 valence electrons. The molecule has 1 unspecified atom stereocenters. The lowest BCUT2D eigenvalue weighted by molar-refractivity contribution is -0.119. The third kappa shape index (κ3) is 1.53. The summed E-state index contributed by atoms with van der Waals surface area (Å²) in [6.45, 7) is 0.784. The Morgan fingerprint density at radius 3 is 3.00 bits per heavy atom. The zero-order valence-corrected chi connectivity index (χ0v) is 10.1. The molecule has 3 heteroatoms. The molecule has 1 fully saturated rings. The zero-order valence-electron chi connectivity index (χ0n) is 10.1. The molecule has 1 N–H and O–H groups in total. The summed E-state index contributed by atoms with van der Waals surface area (Å²) in [6, 6.07) is 6.22. The second-order valence-corrected chi connectivity index (χ2v) is 5.07. The number of hydrogen-bond acceptors (Lipinski definition) is 2. The maximum atomic E-state index is 11.5. The van der Waals surface area contributed by atoms with Crippen LogP contribution in [0, 0.1) is 0 Å². The van der Waals surface area contributed by atoms with E-state index in [2.05, 4.69) is 11.4 Å². The summed E-state index contributed by atoms with van der Waals surface area (Å²) in [6.07, 6.45) is 3.94. The molecule has 1 aromatic carbocycles. The number of hydrogen-bond donors (Lipinski definition) is 1. The Hall–Kier alpha value is -1.51. The maximum absolute atomic E-state index is 11.5. The highest BCUT2D eigenvalue weighted by atomic mass is 16.5. The average molecular weight is 231 g/mol. The number of fused-ring (bicyclic) bond motifs is 2. The van der Waals surface area contributed by atoms with Crippen LogP contribution in [0.2, 0.25) is 0 Å². The zero-order chi connectivity index (χ0) is 11.9. The first-order valence-electron chi connectivity index (χ1n) is 6.18. The summed E-state index contributed by atoms with van der Waals surface area (Å²) in [7, 11) is 1.72. The van der Waals surface area contributed by atoms with Gasteiger partial charge in [0, 0.05) is 18.4 Å². The molecule has 2 aliphatic rings. The Morgan fingerprint density at radius 2 is 2.29 bits per heavy atom. The van der Waals surface area contributed by atoms with Crippen LogP contribution in [0.4, 0.5) is 0 Å². The molecule has 1 aliphatic carbocycles. The first kappa shape index (κ1) is 10.6. The van der Waals surface area contributed by atoms with E-state index in [4.69, 9.17) is 4.74 Å². The van der Waals surface area contributed by atoms with Crippen molar-refractivity contribution in [2.45, 2.75) is 31.1 Å². The summed E-state index contributed by atoms with van der Waals surface area (Å²) in [5.74, 6) is 1.15. The molecule has 1 amide bonds. The Bertz CT molecular complexity index is 469. The van der Waals surface area contributed by atoms with Crippen molar-refractivity contribution in [1.29, 1.82) is 0 Å². The Morgan fingerprint density at radius 1 is 1.41 bits per heavy atom. The SMILES string of the molecule is COc1cccc2c1CCCC21CNC(=O)C1. The lowest BCUT2D eigenvalue weighted by Crippen LogP contribution is -2.33. The summed E-state index contributed by atoms with van der Waals surface area (Å²) in [5, 5.41) is 2.98. The van der Waals surface area contributed by atoms with Crippen LogP contribution in [0.3, 0.4) is 0 Å². The Kier molecular flexibility index (Phi) is 2.35. The number of carbonyl (C=O) groups excluding carboxylic acids is 1. The van der Waals surface area contributed by atoms with Crippen LogP contribution < -0.4 is 10.1 Å². The highest BCUT2D eigenvalue weighted by Crippen LogP contribution is 2.44. The first-order valence-corrected chi connectivity index (χ1v) is 6.18. The number of benzene rings is 1. The van der Waals surface area contributed by atoms with Crippen LogP contribution >= 0.6 is 0 Å². The highest BCUT2D eigenvalue weighted by Gasteiger charge is 2.43. The summed E-state index contributed by atoms with van der Waals surface area (Å²) in [4.78, 5) is 11.5. The average Bonchev–Trinajstić information content (AvgIpc) is 2.71. The van der Waals surface area contributed by atoms with Gasteiger partial charge in [-0.2, -0.15) is 0 Å². The second kappa shape index (κ2) is 3.76. The molecule has 1 aromatic rings. The van der Waals surface area contributed by atoms with Gasteiger partial charge in [0.15, 0.2) is 0 Å². The van der Waals surface area contributed by atoms with Gasteiger partial charge in [-0.15, -0.1) is 0 Å². The van der Waals surface area contributed by atoms with Gasteiger partial charge in [0.2, 0.25) is 5.91 Å². The standard InChI is InChI=1S/C14H17NO2/c1-17-12-6-2-5-11-10(12)4-3-7-14(11)8-13(16)15-9-14/h2,5-6H,3-4,7-9H2,1H3,(H,15,16). The van der Waals surface area contributed by atoms with Crippen molar-refractivity contribution in [2.24, 2.45) is 0 Å². The van der Waals surface area contributed by atoms with E-state index in [-0.39, 0.29) is 11.3 Å². The number of carbonyl (C=O) groups is 1. The van der Waals surface area contributed by atoms with Gasteiger partial charge in [0.05, 0.1) is 7.11 Å². The van der Waals surface area contributed by atoms with E-state index < -0.39 is 0 Å². The fourth-order valence-corrected chi connectivity index (χ4v) is 3.32. The molecule has 1 aliphatic heterocycles. The summed E-state index contributed by atoms with van der Waals surface area (Å²) < 4.78 is 5.44. The van der Waals surface area contributed by atoms with E-state index in [1.807, 2.05) is 12.1 Å². The number of methoxy groups -OCH3 is 1. The van der Waals surface area contributed by atoms with Gasteiger partial charge in [0.1, 0.15) is 5.75 Å². The van der Waals surface area contributed by atoms with E-state index in [0.29, 0.717) is 6.42 Å². The van der Waals surface area contributed by atoms with E-state index in [1.165, 1.54) is 11.1 Å². The van der Waals surface area contributed by atoms with Crippen molar-refractivity contribution in [3.63, 3.8) is 0 Å². The first-order chi connectivity index (χ1) is 8.25. The van der Waals surface area contributed by atoms with Crippen molar-refractivity contribution < 1.29 is 9.53 Å². The molecule has 1 spiro atoms. The Labute approximate surface area is 101 Å². The van der Waals surface area contributed by atoms with E-state index in [1.54, 1.807) is 7.11 Å². The molecule has 1 atom stereocenters. The topological polar surface area (TPSA) is 38.3 Å². The van der Waals surface area contributed by atoms with Crippen LogP contribution in [0.5, 0.6) is 5.75 Å². The summed E-state index contributed by atoms with van der Waals surface area (Å²) in [5.41, 5.74) is 2.65. The summed E-state index contributed by atoms with van der Waals surface area (Å²) >= 11 is 0. The molecule has 1 saturated heterocycles. The van der Waals surface area contributed by atoms with Crippen molar-refractivity contribution in [2.75, 3.05) is 13.7 Å². The fraction of sp³-hybridized carbons (Fsp3) is 0.500. The highest BCUT2D eigenvalue weighted by molar-refractivity contribution is 5.81. The molecule has 1 heterocycles. The largest absolute Gasteiger partial charge is 0.496 e. The maximum Gasteiger partial charge on any atom is 0.220 e. The molecule has 0 saturated carbocycles. The molecule has 3 rings (SSSR count). The minimum Gasteiger partial charge on any atom is -0.496 e. The number of ether oxygens (including phenoxy) is 1. The molecule has 0 radical (unpaired) electrons. The molecule has 3 nitrogen and oxygen atoms in total. The van der Waals surface area contributed by atoms with Gasteiger partial charge in [-0.05, 0) is 36.5 Å². The third-order valence-corrected chi connectivity index (χ3v) is 4.13. The van der Waals surface area contributed by atoms with Gasteiger partial charge < -0.3 is 10.1 Å². The fourth-order valence-electron chi connectivity index (χ4n) is 3.32. The van der Waals surface area contributed by atoms with Crippen LogP contribution in [-0.2, 0) is 16.6 Å². The lowest BCUT2D eigenvalue weighted by Gasteiger charge is -2.35. The van der Waals surface area contributed by atoms with Crippen LogP contribution in [-0.4, -0.2) is 19.6 Å². The monoisotopic (exact) mass is 231 g/mol. The third-order valence-electron chi connectivity index (χ3n) is 4.13. The minimum atomic E-state index is 0.0270. The quantitative estimate of drug-likeness (QED) is 0.800. The predicted octanol–water partition coefficient (Wildman–Crippen LogP) is 1.79. The van der Waals surface area contributed by atoms with Crippen LogP contribution in [0.1, 0.15) is 30.4 Å². The minimum absolute atomic E-state index is 0.0270. The van der Waals surface area contributed by atoms with E-state index >= 15 is 0 Å². The van der Waals surface area contributed by atoms with Crippen LogP contribution in [0.25, 0.3) is 0 Å². The number of amides is 1. The predicted molar refractivity (Wildman–Crippen MR) is 65.2 cm³/mol. The molecule has 0 bridgehead atoms. The van der Waals surface area contributed by atoms with E-state index in [9.17, 15) is 4.79 Å². The van der Waals surface area contributed by atoms with Crippen molar-refractivity contribution in [3.05, 3.63) is 29.3 Å². The molecule has 0 aromatic heterocycles. The molecule has 17 heavy (non-hydrogen) atoms. The van der Waals surface area contributed by atoms with Crippen molar-refractivity contribution in [1.82, 2.24) is 5.32 Å². The van der Waals surface area contributed by atoms with Crippen molar-refractivity contribution >= 4 is 5.91 Å². The van der Waals surface area contributed by atoms with Gasteiger partial charge in [-0.1, -0.05) is 12.1 Å². The molecular weight excluding hydrogens is 214 g/mol. The van der Waals surface area contributed by atoms with Gasteiger partial charge in [-0.3, -0.25) is 4.79 Å². The number of rotatable bonds is 1. The Balaban J connectivity index is 2.11. The van der Waals surface area contributed by atoms with Crippen molar-refractivity contribution in [3.8, 4) is 5.75 Å². The number of nitrogens with one attached hydrogen (secondary N) is 1. The molecular formula is C14H17NO2. The van der Waals surface area contributed by atoms with Gasteiger partial charge in [-0.25, -0.2) is 0 Å². The van der Waals surface area contributed by atoms with Gasteiger partial charge >= 0.3 is 0 Å².